The highest BCUT2D eigenvalue weighted by Crippen LogP contribution is 2.15. The number of ether oxygens (including phenoxy) is 2. The molecule has 3 N–H and O–H groups in total. The lowest BCUT2D eigenvalue weighted by Crippen LogP contribution is -2.35. The summed E-state index contributed by atoms with van der Waals surface area (Å²) < 4.78 is 10.0. The van der Waals surface area contributed by atoms with Gasteiger partial charge in [-0.3, -0.25) is 4.79 Å². The number of anilines is 1. The first-order valence-electron chi connectivity index (χ1n) is 6.32. The van der Waals surface area contributed by atoms with Crippen LogP contribution in [0.5, 0.6) is 5.75 Å². The molecule has 1 rings (SSSR count). The van der Waals surface area contributed by atoms with E-state index in [2.05, 4.69) is 5.32 Å². The van der Waals surface area contributed by atoms with E-state index in [9.17, 15) is 4.79 Å². The molecule has 1 amide bonds. The van der Waals surface area contributed by atoms with Crippen molar-refractivity contribution in [3.63, 3.8) is 0 Å². The van der Waals surface area contributed by atoms with Crippen molar-refractivity contribution in [2.45, 2.75) is 18.9 Å². The van der Waals surface area contributed by atoms with Crippen LogP contribution in [0.15, 0.2) is 24.3 Å². The Kier molecular flexibility index (Phi) is 7.11. The van der Waals surface area contributed by atoms with Crippen LogP contribution in [-0.2, 0) is 9.53 Å². The van der Waals surface area contributed by atoms with Crippen LogP contribution >= 0.6 is 0 Å². The van der Waals surface area contributed by atoms with E-state index in [1.54, 1.807) is 31.4 Å². The van der Waals surface area contributed by atoms with Crippen molar-refractivity contribution in [3.05, 3.63) is 24.3 Å². The monoisotopic (exact) mass is 277 g/mol. The van der Waals surface area contributed by atoms with Crippen LogP contribution in [0.2, 0.25) is 0 Å². The number of rotatable bonds is 8. The van der Waals surface area contributed by atoms with E-state index >= 15 is 0 Å². The summed E-state index contributed by atoms with van der Waals surface area (Å²) in [7, 11) is 1.61. The summed E-state index contributed by atoms with van der Waals surface area (Å²) in [5.74, 6) is 0.348. The van der Waals surface area contributed by atoms with Gasteiger partial charge < -0.3 is 20.5 Å². The highest BCUT2D eigenvalue weighted by molar-refractivity contribution is 5.94. The molecule has 0 aliphatic carbocycles. The minimum Gasteiger partial charge on any atom is -0.479 e. The fourth-order valence-corrected chi connectivity index (χ4v) is 1.56. The van der Waals surface area contributed by atoms with Gasteiger partial charge in [0.1, 0.15) is 11.8 Å². The molecule has 0 aliphatic heterocycles. The molecule has 6 nitrogen and oxygen atoms in total. The minimum atomic E-state index is -0.556. The first-order valence-corrected chi connectivity index (χ1v) is 6.32. The maximum Gasteiger partial charge on any atom is 0.241 e. The number of nitriles is 1. The van der Waals surface area contributed by atoms with Gasteiger partial charge >= 0.3 is 0 Å². The summed E-state index contributed by atoms with van der Waals surface area (Å²) in [5, 5.41) is 11.1. The molecule has 1 aromatic rings. The fraction of sp³-hybridized carbons (Fsp3) is 0.429. The summed E-state index contributed by atoms with van der Waals surface area (Å²) in [5.41, 5.74) is 6.41. The smallest absolute Gasteiger partial charge is 0.241 e. The van der Waals surface area contributed by atoms with Crippen LogP contribution in [0.25, 0.3) is 0 Å². The molecule has 0 fully saturated rings. The topological polar surface area (TPSA) is 97.4 Å². The Morgan fingerprint density at radius 1 is 1.45 bits per heavy atom. The van der Waals surface area contributed by atoms with E-state index in [-0.39, 0.29) is 12.5 Å². The molecule has 108 valence electrons. The number of methoxy groups -OCH3 is 1. The van der Waals surface area contributed by atoms with Crippen LogP contribution in [-0.4, -0.2) is 32.3 Å². The zero-order valence-corrected chi connectivity index (χ0v) is 11.5. The number of nitrogens with two attached hydrogens (primary N) is 1. The Morgan fingerprint density at radius 2 is 2.15 bits per heavy atom. The summed E-state index contributed by atoms with van der Waals surface area (Å²) in [6.45, 7) is 0.585. The maximum absolute atomic E-state index is 11.8. The zero-order valence-electron chi connectivity index (χ0n) is 11.5. The molecule has 0 bridgehead atoms. The number of carbonyl (C=O) groups excluding carboxylic acids is 1. The van der Waals surface area contributed by atoms with E-state index < -0.39 is 6.04 Å². The van der Waals surface area contributed by atoms with Crippen molar-refractivity contribution in [1.82, 2.24) is 0 Å². The molecule has 1 aromatic carbocycles. The predicted molar refractivity (Wildman–Crippen MR) is 75.3 cm³/mol. The van der Waals surface area contributed by atoms with Crippen molar-refractivity contribution in [3.8, 4) is 11.8 Å². The quantitative estimate of drug-likeness (QED) is 0.698. The SMILES string of the molecule is COCCCC(N)C(=O)Nc1ccc(OCC#N)cc1. The third kappa shape index (κ3) is 5.69. The van der Waals surface area contributed by atoms with E-state index in [0.29, 0.717) is 24.5 Å². The number of nitrogens with zero attached hydrogens (tertiary/aromatic N) is 1. The van der Waals surface area contributed by atoms with Crippen LogP contribution in [0.3, 0.4) is 0 Å². The summed E-state index contributed by atoms with van der Waals surface area (Å²) in [6.07, 6.45) is 1.31. The second kappa shape index (κ2) is 8.91. The van der Waals surface area contributed by atoms with Crippen molar-refractivity contribution >= 4 is 11.6 Å². The molecule has 0 spiro atoms. The molecule has 0 heterocycles. The van der Waals surface area contributed by atoms with Gasteiger partial charge in [-0.2, -0.15) is 5.26 Å². The van der Waals surface area contributed by atoms with Gasteiger partial charge in [0.2, 0.25) is 5.91 Å². The largest absolute Gasteiger partial charge is 0.479 e. The predicted octanol–water partition coefficient (Wildman–Crippen LogP) is 1.28. The van der Waals surface area contributed by atoms with Gasteiger partial charge in [0.15, 0.2) is 6.61 Å². The highest BCUT2D eigenvalue weighted by atomic mass is 16.5. The van der Waals surface area contributed by atoms with Crippen molar-refractivity contribution in [2.75, 3.05) is 25.6 Å². The zero-order chi connectivity index (χ0) is 14.8. The average molecular weight is 277 g/mol. The first kappa shape index (κ1) is 16.0. The second-order valence-electron chi connectivity index (χ2n) is 4.20. The summed E-state index contributed by atoms with van der Waals surface area (Å²) in [4.78, 5) is 11.8. The summed E-state index contributed by atoms with van der Waals surface area (Å²) in [6, 6.07) is 8.10. The van der Waals surface area contributed by atoms with Gasteiger partial charge in [-0.25, -0.2) is 0 Å². The second-order valence-corrected chi connectivity index (χ2v) is 4.20. The number of hydrogen-bond donors (Lipinski definition) is 2. The molecule has 1 unspecified atom stereocenters. The number of nitrogens with one attached hydrogen (secondary N) is 1. The van der Waals surface area contributed by atoms with E-state index in [4.69, 9.17) is 20.5 Å². The molecular weight excluding hydrogens is 258 g/mol. The number of carbonyl (C=O) groups is 1. The Balaban J connectivity index is 2.43. The Morgan fingerprint density at radius 3 is 2.75 bits per heavy atom. The number of hydrogen-bond acceptors (Lipinski definition) is 5. The van der Waals surface area contributed by atoms with Crippen LogP contribution in [0, 0.1) is 11.3 Å². The molecule has 0 aliphatic rings. The van der Waals surface area contributed by atoms with Crippen LogP contribution in [0.1, 0.15) is 12.8 Å². The van der Waals surface area contributed by atoms with Crippen molar-refractivity contribution < 1.29 is 14.3 Å². The fourth-order valence-electron chi connectivity index (χ4n) is 1.56. The minimum absolute atomic E-state index is 0.00389. The average Bonchev–Trinajstić information content (AvgIpc) is 2.46. The maximum atomic E-state index is 11.8. The molecule has 6 heteroatoms. The van der Waals surface area contributed by atoms with E-state index in [1.807, 2.05) is 6.07 Å². The third-order valence-electron chi connectivity index (χ3n) is 2.63. The molecule has 0 saturated heterocycles. The Hall–Kier alpha value is -2.10. The van der Waals surface area contributed by atoms with E-state index in [1.165, 1.54) is 0 Å². The molecule has 0 radical (unpaired) electrons. The van der Waals surface area contributed by atoms with Gasteiger partial charge in [-0.1, -0.05) is 0 Å². The van der Waals surface area contributed by atoms with Crippen molar-refractivity contribution in [2.24, 2.45) is 5.73 Å². The van der Waals surface area contributed by atoms with Gasteiger partial charge in [0, 0.05) is 19.4 Å². The van der Waals surface area contributed by atoms with Crippen LogP contribution < -0.4 is 15.8 Å². The van der Waals surface area contributed by atoms with Gasteiger partial charge in [0.25, 0.3) is 0 Å². The molecule has 20 heavy (non-hydrogen) atoms. The normalized spacial score (nSPS) is 11.4. The lowest BCUT2D eigenvalue weighted by molar-refractivity contribution is -0.117. The Bertz CT molecular complexity index is 454. The lowest BCUT2D eigenvalue weighted by atomic mass is 10.1. The summed E-state index contributed by atoms with van der Waals surface area (Å²) >= 11 is 0. The van der Waals surface area contributed by atoms with Crippen LogP contribution in [0.4, 0.5) is 5.69 Å². The Labute approximate surface area is 118 Å². The number of amides is 1. The lowest BCUT2D eigenvalue weighted by Gasteiger charge is -2.12. The van der Waals surface area contributed by atoms with Gasteiger partial charge in [0.05, 0.1) is 6.04 Å². The third-order valence-corrected chi connectivity index (χ3v) is 2.63. The molecular formula is C14H19N3O3. The first-order chi connectivity index (χ1) is 9.67. The number of benzene rings is 1. The highest BCUT2D eigenvalue weighted by Gasteiger charge is 2.13. The molecule has 1 atom stereocenters. The standard InChI is InChI=1S/C14H19N3O3/c1-19-9-2-3-13(16)14(18)17-11-4-6-12(7-5-11)20-10-8-15/h4-7,13H,2-3,9-10,16H2,1H3,(H,17,18). The van der Waals surface area contributed by atoms with E-state index in [0.717, 1.165) is 6.42 Å². The van der Waals surface area contributed by atoms with Crippen molar-refractivity contribution in [1.29, 1.82) is 5.26 Å². The van der Waals surface area contributed by atoms with Gasteiger partial charge in [-0.15, -0.1) is 0 Å². The van der Waals surface area contributed by atoms with Gasteiger partial charge in [-0.05, 0) is 37.1 Å². The molecule has 0 saturated carbocycles. The molecule has 0 aromatic heterocycles.